The molecule has 0 N–H and O–H groups in total. The molecule has 3 atom stereocenters. The van der Waals surface area contributed by atoms with Gasteiger partial charge in [0.25, 0.3) is 0 Å². The van der Waals surface area contributed by atoms with Gasteiger partial charge in [0.05, 0.1) is 24.9 Å². The van der Waals surface area contributed by atoms with Gasteiger partial charge in [0.1, 0.15) is 5.41 Å². The molecular formula is C27H30BrNO2Si. The van der Waals surface area contributed by atoms with Crippen molar-refractivity contribution in [3.8, 4) is 6.07 Å². The maximum atomic E-state index is 10.8. The number of nitrogens with zero attached hydrogens (tertiary/aromatic N) is 1. The number of nitriles is 1. The minimum Gasteiger partial charge on any atom is -0.410 e. The van der Waals surface area contributed by atoms with Crippen LogP contribution in [0.15, 0.2) is 89.4 Å². The third-order valence-corrected chi connectivity index (χ3v) is 6.88. The van der Waals surface area contributed by atoms with E-state index in [9.17, 15) is 5.26 Å². The Kier molecular flexibility index (Phi) is 8.08. The second-order valence-corrected chi connectivity index (χ2v) is 14.3. The lowest BCUT2D eigenvalue weighted by Crippen LogP contribution is -2.52. The van der Waals surface area contributed by atoms with Crippen molar-refractivity contribution in [2.75, 3.05) is 0 Å². The number of hydrogen-bond acceptors (Lipinski definition) is 3. The Hall–Kier alpha value is -2.23. The van der Waals surface area contributed by atoms with Crippen molar-refractivity contribution < 1.29 is 9.16 Å². The molecule has 32 heavy (non-hydrogen) atoms. The number of ether oxygens (including phenoxy) is 1. The van der Waals surface area contributed by atoms with Crippen LogP contribution in [0.3, 0.4) is 0 Å². The van der Waals surface area contributed by atoms with Gasteiger partial charge < -0.3 is 9.16 Å². The van der Waals surface area contributed by atoms with Crippen LogP contribution in [0, 0.1) is 11.3 Å². The molecule has 0 heterocycles. The van der Waals surface area contributed by atoms with E-state index in [1.807, 2.05) is 91.9 Å². The lowest BCUT2D eigenvalue weighted by atomic mass is 9.70. The Balaban J connectivity index is 2.10. The molecule has 0 aromatic heterocycles. The fourth-order valence-corrected chi connectivity index (χ4v) is 5.30. The van der Waals surface area contributed by atoms with Gasteiger partial charge >= 0.3 is 0 Å². The average Bonchev–Trinajstić information content (AvgIpc) is 2.79. The van der Waals surface area contributed by atoms with E-state index < -0.39 is 19.8 Å². The third-order valence-electron chi connectivity index (χ3n) is 5.39. The third kappa shape index (κ3) is 5.76. The van der Waals surface area contributed by atoms with Crippen molar-refractivity contribution in [2.24, 2.45) is 0 Å². The molecule has 0 radical (unpaired) electrons. The van der Waals surface area contributed by atoms with E-state index in [2.05, 4.69) is 41.6 Å². The van der Waals surface area contributed by atoms with Crippen LogP contribution in [0.2, 0.25) is 19.6 Å². The number of hydrogen-bond donors (Lipinski definition) is 0. The molecule has 0 amide bonds. The van der Waals surface area contributed by atoms with Crippen LogP contribution in [0.25, 0.3) is 0 Å². The fraction of sp³-hybridized carbons (Fsp3) is 0.296. The Labute approximate surface area is 201 Å². The molecule has 0 fully saturated rings. The van der Waals surface area contributed by atoms with Gasteiger partial charge in [0, 0.05) is 4.47 Å². The van der Waals surface area contributed by atoms with Crippen LogP contribution in [0.4, 0.5) is 0 Å². The average molecular weight is 509 g/mol. The normalized spacial score (nSPS) is 15.4. The molecule has 0 aliphatic rings. The van der Waals surface area contributed by atoms with Crippen LogP contribution >= 0.6 is 15.9 Å². The van der Waals surface area contributed by atoms with Gasteiger partial charge in [-0.15, -0.1) is 0 Å². The smallest absolute Gasteiger partial charge is 0.184 e. The first-order chi connectivity index (χ1) is 15.3. The highest BCUT2D eigenvalue weighted by atomic mass is 79.9. The summed E-state index contributed by atoms with van der Waals surface area (Å²) in [7, 11) is -2.03. The summed E-state index contributed by atoms with van der Waals surface area (Å²) in [6, 6.07) is 30.7. The van der Waals surface area contributed by atoms with E-state index in [0.29, 0.717) is 6.61 Å². The predicted octanol–water partition coefficient (Wildman–Crippen LogP) is 7.08. The Morgan fingerprint density at radius 1 is 0.875 bits per heavy atom. The van der Waals surface area contributed by atoms with Crippen molar-refractivity contribution in [2.45, 2.75) is 50.8 Å². The maximum Gasteiger partial charge on any atom is 0.184 e. The minimum atomic E-state index is -2.03. The van der Waals surface area contributed by atoms with Crippen LogP contribution in [-0.4, -0.2) is 20.5 Å². The summed E-state index contributed by atoms with van der Waals surface area (Å²) in [4.78, 5) is 0. The molecule has 166 valence electrons. The summed E-state index contributed by atoms with van der Waals surface area (Å²) >= 11 is 3.52. The summed E-state index contributed by atoms with van der Waals surface area (Å²) in [6.45, 7) is 8.93. The molecular weight excluding hydrogens is 478 g/mol. The number of rotatable bonds is 9. The standard InChI is InChI=1S/C27H30BrNO2Si/c1-21(30-19-22-11-7-5-8-12-22)26(31-32(2,3)4)27(20-29,23-13-9-6-10-14-23)24-15-17-25(28)18-16-24/h5-18,21,26H,19H2,1-4H3/t21-,26+,27-/m0/s1. The second-order valence-electron chi connectivity index (χ2n) is 8.95. The molecule has 3 aromatic rings. The zero-order valence-corrected chi connectivity index (χ0v) is 21.7. The van der Waals surface area contributed by atoms with Crippen LogP contribution < -0.4 is 0 Å². The number of halogens is 1. The van der Waals surface area contributed by atoms with E-state index in [-0.39, 0.29) is 6.10 Å². The molecule has 0 spiro atoms. The summed E-state index contributed by atoms with van der Waals surface area (Å²) in [6.07, 6.45) is -0.795. The van der Waals surface area contributed by atoms with Crippen molar-refractivity contribution >= 4 is 24.2 Å². The first-order valence-corrected chi connectivity index (χ1v) is 15.0. The molecule has 0 saturated carbocycles. The van der Waals surface area contributed by atoms with E-state index in [1.54, 1.807) is 0 Å². The van der Waals surface area contributed by atoms with Gasteiger partial charge in [-0.2, -0.15) is 5.26 Å². The monoisotopic (exact) mass is 507 g/mol. The van der Waals surface area contributed by atoms with E-state index >= 15 is 0 Å². The quantitative estimate of drug-likeness (QED) is 0.290. The van der Waals surface area contributed by atoms with Gasteiger partial charge in [-0.1, -0.05) is 88.7 Å². The van der Waals surface area contributed by atoms with Gasteiger partial charge in [-0.3, -0.25) is 0 Å². The Morgan fingerprint density at radius 3 is 1.94 bits per heavy atom. The summed E-state index contributed by atoms with van der Waals surface area (Å²) in [5.41, 5.74) is 1.88. The van der Waals surface area contributed by atoms with Gasteiger partial charge in [0.15, 0.2) is 8.32 Å². The van der Waals surface area contributed by atoms with Gasteiger partial charge in [0.2, 0.25) is 0 Å². The molecule has 0 saturated heterocycles. The molecule has 3 rings (SSSR count). The summed E-state index contributed by atoms with van der Waals surface area (Å²) in [5, 5.41) is 10.8. The molecule has 3 nitrogen and oxygen atoms in total. The van der Waals surface area contributed by atoms with Gasteiger partial charge in [-0.25, -0.2) is 0 Å². The Morgan fingerprint density at radius 2 is 1.41 bits per heavy atom. The van der Waals surface area contributed by atoms with Gasteiger partial charge in [-0.05, 0) is 55.4 Å². The summed E-state index contributed by atoms with van der Waals surface area (Å²) in [5.74, 6) is 0. The fourth-order valence-electron chi connectivity index (χ4n) is 3.91. The largest absolute Gasteiger partial charge is 0.410 e. The SMILES string of the molecule is C[C@H](OCc1ccccc1)[C@@H](O[Si](C)(C)C)[C@@](C#N)(c1ccccc1)c1ccc(Br)cc1. The van der Waals surface area contributed by atoms with E-state index in [4.69, 9.17) is 9.16 Å². The molecule has 0 bridgehead atoms. The molecule has 0 aliphatic heterocycles. The first kappa shape index (κ1) is 24.4. The lowest BCUT2D eigenvalue weighted by Gasteiger charge is -2.42. The highest BCUT2D eigenvalue weighted by molar-refractivity contribution is 9.10. The van der Waals surface area contributed by atoms with Crippen LogP contribution in [-0.2, 0) is 21.2 Å². The first-order valence-electron chi connectivity index (χ1n) is 10.8. The highest BCUT2D eigenvalue weighted by Crippen LogP contribution is 2.40. The zero-order valence-electron chi connectivity index (χ0n) is 19.1. The molecule has 3 aromatic carbocycles. The predicted molar refractivity (Wildman–Crippen MR) is 136 cm³/mol. The zero-order chi connectivity index (χ0) is 23.2. The summed E-state index contributed by atoms with van der Waals surface area (Å²) < 4.78 is 14.1. The molecule has 5 heteroatoms. The van der Waals surface area contributed by atoms with Crippen molar-refractivity contribution in [3.05, 3.63) is 106 Å². The van der Waals surface area contributed by atoms with Crippen molar-refractivity contribution in [1.29, 1.82) is 5.26 Å². The molecule has 0 aliphatic carbocycles. The Bertz CT molecular complexity index is 1030. The van der Waals surface area contributed by atoms with Crippen LogP contribution in [0.1, 0.15) is 23.6 Å². The highest BCUT2D eigenvalue weighted by Gasteiger charge is 2.48. The van der Waals surface area contributed by atoms with Crippen molar-refractivity contribution in [1.82, 2.24) is 0 Å². The molecule has 0 unspecified atom stereocenters. The van der Waals surface area contributed by atoms with Crippen LogP contribution in [0.5, 0.6) is 0 Å². The number of benzene rings is 3. The lowest BCUT2D eigenvalue weighted by molar-refractivity contribution is -0.0436. The van der Waals surface area contributed by atoms with Crippen molar-refractivity contribution in [3.63, 3.8) is 0 Å². The minimum absolute atomic E-state index is 0.314. The maximum absolute atomic E-state index is 10.8. The second kappa shape index (κ2) is 10.6. The van der Waals surface area contributed by atoms with E-state index in [0.717, 1.165) is 21.2 Å². The topological polar surface area (TPSA) is 42.2 Å². The van der Waals surface area contributed by atoms with E-state index in [1.165, 1.54) is 0 Å².